The van der Waals surface area contributed by atoms with Gasteiger partial charge in [-0.1, -0.05) is 92.7 Å². The second-order valence-electron chi connectivity index (χ2n) is 16.1. The molecule has 2 saturated carbocycles. The normalized spacial score (nSPS) is 25.5. The first-order valence-electron chi connectivity index (χ1n) is 18.2. The van der Waals surface area contributed by atoms with E-state index in [-0.39, 0.29) is 5.41 Å². The van der Waals surface area contributed by atoms with Gasteiger partial charge in [-0.2, -0.15) is 0 Å². The summed E-state index contributed by atoms with van der Waals surface area (Å²) in [5.41, 5.74) is 15.4. The second kappa shape index (κ2) is 8.57. The zero-order valence-corrected chi connectivity index (χ0v) is 28.8. The van der Waals surface area contributed by atoms with E-state index in [1.165, 1.54) is 86.6 Å². The lowest BCUT2D eigenvalue weighted by atomic mass is 9.82. The van der Waals surface area contributed by atoms with Gasteiger partial charge in [0, 0.05) is 53.4 Å². The van der Waals surface area contributed by atoms with E-state index in [1.54, 1.807) is 5.56 Å². The van der Waals surface area contributed by atoms with Crippen molar-refractivity contribution in [2.75, 3.05) is 0 Å². The fourth-order valence-electron chi connectivity index (χ4n) is 10.9. The largest absolute Gasteiger partial charge is 0.309 e. The molecule has 5 aliphatic carbocycles. The number of aromatic nitrogens is 1. The first kappa shape index (κ1) is 26.7. The van der Waals surface area contributed by atoms with Crippen LogP contribution in [0.5, 0.6) is 0 Å². The molecule has 2 aromatic heterocycles. The van der Waals surface area contributed by atoms with Crippen LogP contribution < -0.4 is 0 Å². The number of rotatable bonds is 2. The van der Waals surface area contributed by atoms with Crippen molar-refractivity contribution >= 4 is 53.3 Å². The molecular formula is C48H33NS. The number of hydrogen-bond donors (Lipinski definition) is 0. The smallest absolute Gasteiger partial charge is 0.0544 e. The molecule has 6 aromatic carbocycles. The highest BCUT2D eigenvalue weighted by atomic mass is 32.1. The quantitative estimate of drug-likeness (QED) is 0.163. The minimum Gasteiger partial charge on any atom is -0.309 e. The zero-order chi connectivity index (χ0) is 32.7. The van der Waals surface area contributed by atoms with Crippen molar-refractivity contribution in [3.05, 3.63) is 162 Å². The van der Waals surface area contributed by atoms with Crippen molar-refractivity contribution in [2.45, 2.75) is 31.1 Å². The molecular weight excluding hydrogens is 623 g/mol. The van der Waals surface area contributed by atoms with Gasteiger partial charge in [-0.15, -0.1) is 11.3 Å². The lowest BCUT2D eigenvalue weighted by molar-refractivity contribution is 0.583. The Morgan fingerprint density at radius 2 is 1.36 bits per heavy atom. The van der Waals surface area contributed by atoms with E-state index < -0.39 is 0 Å². The molecule has 0 aliphatic heterocycles. The highest BCUT2D eigenvalue weighted by Crippen LogP contribution is 2.90. The average molecular weight is 656 g/mol. The Balaban J connectivity index is 1.02. The van der Waals surface area contributed by atoms with Crippen LogP contribution in [0.1, 0.15) is 47.9 Å². The summed E-state index contributed by atoms with van der Waals surface area (Å²) in [4.78, 5) is 0. The molecule has 0 amide bonds. The number of thiophene rings is 1. The van der Waals surface area contributed by atoms with Crippen LogP contribution in [0.2, 0.25) is 0 Å². The van der Waals surface area contributed by atoms with Crippen LogP contribution in [0.25, 0.3) is 69.9 Å². The molecule has 8 aromatic rings. The van der Waals surface area contributed by atoms with Crippen molar-refractivity contribution in [3.8, 4) is 27.9 Å². The molecule has 2 fully saturated rings. The minimum atomic E-state index is -0.0488. The molecule has 2 bridgehead atoms. The Bertz CT molecular complexity index is 2930. The van der Waals surface area contributed by atoms with Crippen molar-refractivity contribution in [3.63, 3.8) is 0 Å². The second-order valence-corrected chi connectivity index (χ2v) is 17.2. The summed E-state index contributed by atoms with van der Waals surface area (Å²) in [6.07, 6.45) is 10.1. The standard InChI is InChI=1S/C48H33NS/c1-47(2)38-11-7-6-10-30(38)32-23-34-33-20-27(13-16-41(33)49(42(34)25-40(32)47)29-8-4-3-5-9-29)28-14-17-43-35(21-28)36-22-31-26-12-15-39-46-45(48(39,46)19-18-26)37(31)24-44(36)50-43/h3-26,39,45-46H,1-2H3. The van der Waals surface area contributed by atoms with Crippen LogP contribution in [0.3, 0.4) is 0 Å². The maximum Gasteiger partial charge on any atom is 0.0544 e. The predicted molar refractivity (Wildman–Crippen MR) is 210 cm³/mol. The van der Waals surface area contributed by atoms with Gasteiger partial charge in [-0.05, 0) is 123 Å². The average Bonchev–Trinajstić information content (AvgIpc) is 3.87. The number of nitrogens with zero attached hydrogens (tertiary/aromatic N) is 1. The number of fused-ring (bicyclic) bond motifs is 15. The van der Waals surface area contributed by atoms with Crippen LogP contribution in [0.4, 0.5) is 0 Å². The fourth-order valence-corrected chi connectivity index (χ4v) is 12.1. The van der Waals surface area contributed by atoms with Gasteiger partial charge in [-0.3, -0.25) is 0 Å². The van der Waals surface area contributed by atoms with Gasteiger partial charge in [-0.25, -0.2) is 0 Å². The Labute approximate surface area is 294 Å². The fraction of sp³-hybridized carbons (Fsp3) is 0.167. The number of para-hydroxylation sites is 1. The molecule has 1 spiro atoms. The molecule has 5 atom stereocenters. The minimum absolute atomic E-state index is 0.0488. The Morgan fingerprint density at radius 1 is 0.580 bits per heavy atom. The van der Waals surface area contributed by atoms with E-state index in [2.05, 4.69) is 158 Å². The van der Waals surface area contributed by atoms with Gasteiger partial charge in [0.05, 0.1) is 11.0 Å². The summed E-state index contributed by atoms with van der Waals surface area (Å²) < 4.78 is 5.30. The molecule has 2 heterocycles. The van der Waals surface area contributed by atoms with Gasteiger partial charge in [0.25, 0.3) is 0 Å². The monoisotopic (exact) mass is 655 g/mol. The highest BCUT2D eigenvalue weighted by molar-refractivity contribution is 7.25. The molecule has 2 heteroatoms. The molecule has 1 nitrogen and oxygen atoms in total. The van der Waals surface area contributed by atoms with Gasteiger partial charge in [0.15, 0.2) is 0 Å². The number of allylic oxidation sites excluding steroid dienone is 4. The third kappa shape index (κ3) is 3.05. The first-order chi connectivity index (χ1) is 24.5. The summed E-state index contributed by atoms with van der Waals surface area (Å²) in [6, 6.07) is 44.3. The van der Waals surface area contributed by atoms with Crippen LogP contribution in [-0.4, -0.2) is 4.57 Å². The maximum absolute atomic E-state index is 2.58. The summed E-state index contributed by atoms with van der Waals surface area (Å²) in [5, 5.41) is 5.42. The van der Waals surface area contributed by atoms with Crippen molar-refractivity contribution in [1.29, 1.82) is 0 Å². The molecule has 5 aliphatic rings. The number of benzene rings is 6. The van der Waals surface area contributed by atoms with Crippen molar-refractivity contribution in [1.82, 2.24) is 4.57 Å². The Morgan fingerprint density at radius 3 is 2.26 bits per heavy atom. The third-order valence-electron chi connectivity index (χ3n) is 13.5. The molecule has 0 radical (unpaired) electrons. The van der Waals surface area contributed by atoms with Crippen molar-refractivity contribution < 1.29 is 0 Å². The Hall–Kier alpha value is -5.18. The molecule has 13 rings (SSSR count). The van der Waals surface area contributed by atoms with Gasteiger partial charge >= 0.3 is 0 Å². The van der Waals surface area contributed by atoms with Gasteiger partial charge in [0.2, 0.25) is 0 Å². The highest BCUT2D eigenvalue weighted by Gasteiger charge is 2.85. The van der Waals surface area contributed by atoms with E-state index in [4.69, 9.17) is 0 Å². The first-order valence-corrected chi connectivity index (χ1v) is 19.0. The summed E-state index contributed by atoms with van der Waals surface area (Å²) in [6.45, 7) is 4.75. The van der Waals surface area contributed by atoms with Crippen LogP contribution in [0, 0.1) is 17.3 Å². The lowest BCUT2D eigenvalue weighted by Gasteiger charge is -2.21. The number of hydrogen-bond acceptors (Lipinski definition) is 1. The van der Waals surface area contributed by atoms with E-state index in [9.17, 15) is 0 Å². The summed E-state index contributed by atoms with van der Waals surface area (Å²) in [7, 11) is 0. The molecule has 236 valence electrons. The van der Waals surface area contributed by atoms with E-state index >= 15 is 0 Å². The van der Waals surface area contributed by atoms with E-state index in [0.717, 1.165) is 17.8 Å². The predicted octanol–water partition coefficient (Wildman–Crippen LogP) is 12.7. The SMILES string of the molecule is CC1(C)c2ccccc2-c2cc3c4cc(-c5ccc6sc7cc8c(cc7c6c5)C5C=CC6C7C8C67C=C5)ccc4n(-c4ccccc4)c3cc21. The van der Waals surface area contributed by atoms with Crippen LogP contribution in [0.15, 0.2) is 140 Å². The topological polar surface area (TPSA) is 4.93 Å². The van der Waals surface area contributed by atoms with Crippen LogP contribution >= 0.6 is 11.3 Å². The Kier molecular flexibility index (Phi) is 4.57. The maximum atomic E-state index is 2.58. The van der Waals surface area contributed by atoms with Crippen molar-refractivity contribution in [2.24, 2.45) is 17.3 Å². The molecule has 0 saturated heterocycles. The molecule has 50 heavy (non-hydrogen) atoms. The summed E-state index contributed by atoms with van der Waals surface area (Å²) in [5.74, 6) is 2.79. The van der Waals surface area contributed by atoms with Gasteiger partial charge < -0.3 is 4.57 Å². The molecule has 0 N–H and O–H groups in total. The summed E-state index contributed by atoms with van der Waals surface area (Å²) >= 11 is 1.97. The van der Waals surface area contributed by atoms with Gasteiger partial charge in [0.1, 0.15) is 0 Å². The van der Waals surface area contributed by atoms with E-state index in [0.29, 0.717) is 11.3 Å². The zero-order valence-electron chi connectivity index (χ0n) is 27.9. The third-order valence-corrected chi connectivity index (χ3v) is 14.7. The van der Waals surface area contributed by atoms with E-state index in [1.807, 2.05) is 11.3 Å². The molecule has 5 unspecified atom stereocenters. The van der Waals surface area contributed by atoms with Crippen LogP contribution in [-0.2, 0) is 5.41 Å². The lowest BCUT2D eigenvalue weighted by Crippen LogP contribution is -2.14.